The second kappa shape index (κ2) is 28.5. The second-order valence-electron chi connectivity index (χ2n) is 19.8. The number of nitrogens with zero attached hydrogens (tertiary/aromatic N) is 2. The lowest BCUT2D eigenvalue weighted by Crippen LogP contribution is -2.61. The number of aromatic hydroxyl groups is 1. The molecule has 0 aliphatic carbocycles. The minimum absolute atomic E-state index is 0.0216. The van der Waals surface area contributed by atoms with Crippen molar-refractivity contribution in [1.29, 1.82) is 0 Å². The highest BCUT2D eigenvalue weighted by Crippen LogP contribution is 2.46. The van der Waals surface area contributed by atoms with Crippen molar-refractivity contribution in [3.8, 4) is 5.75 Å². The number of phenolic OH excluding ortho intramolecular Hbond substituents is 1. The van der Waals surface area contributed by atoms with E-state index in [1.54, 1.807) is 26.0 Å². The molecule has 0 radical (unpaired) electrons. The second-order valence-corrected chi connectivity index (χ2v) is 22.6. The fraction of sp³-hybridized carbons (Fsp3) is 0.646. The van der Waals surface area contributed by atoms with E-state index in [1.807, 2.05) is 20.9 Å². The molecule has 3 aliphatic rings. The summed E-state index contributed by atoms with van der Waals surface area (Å²) >= 11 is 0. The predicted octanol–water partition coefficient (Wildman–Crippen LogP) is -2.08. The standard InChI is InChI=1S/C48H74N12O12S2/c1-6-27(4)40-46(71)54-30(13-14-36(49)62)42(67)55-33(22-37(50)63)43(68)57-34(47(72)60-17-7-8-35(60)45(70)56-31(20-26(2)3)41(66)52-24-38(51)64)25-73-74-48(15-18-59(5)19-16-48)23-39(65)53-32(44(69)58-40)21-28-9-11-29(61)12-10-28/h9-12,26-27,30-35,40,61H,6-8,13-25H2,1-5H3,(H2,49,62)(H2,50,63)(H2,51,64)(H,52,66)(H,53,65)(H,54,71)(H,55,67)(H,56,70)(H,57,68)(H,58,69)/t27-,30-,31-,32-,33-,34+,35-,40?/m0/s1. The zero-order valence-electron chi connectivity index (χ0n) is 42.7. The SMILES string of the molecule is CC[C@H](C)C1NC(=O)[C@H](Cc2ccc(O)cc2)NC(=O)CC2(CCN(C)CC2)SSC[C@H](C(=O)N2CCC[C@H]2C(=O)N[C@@H](CC(C)C)C(=O)NCC(N)=O)NC(=O)[C@H](CC(N)=O)NC(=O)[C@H](CCC(N)=O)NC1=O. The Bertz CT molecular complexity index is 2210. The zero-order valence-corrected chi connectivity index (χ0v) is 44.3. The van der Waals surface area contributed by atoms with Gasteiger partial charge in [-0.25, -0.2) is 0 Å². The quantitative estimate of drug-likeness (QED) is 0.0746. The smallest absolute Gasteiger partial charge is 0.246 e. The summed E-state index contributed by atoms with van der Waals surface area (Å²) in [5, 5.41) is 28.5. The molecule has 1 unspecified atom stereocenters. The van der Waals surface area contributed by atoms with Crippen LogP contribution in [0.25, 0.3) is 0 Å². The van der Waals surface area contributed by atoms with Gasteiger partial charge in [0.1, 0.15) is 48.0 Å². The Morgan fingerprint density at radius 2 is 1.45 bits per heavy atom. The van der Waals surface area contributed by atoms with Crippen molar-refractivity contribution < 1.29 is 57.8 Å². The first-order valence-electron chi connectivity index (χ1n) is 24.9. The average molecular weight is 1080 g/mol. The third kappa shape index (κ3) is 18.7. The molecule has 26 heteroatoms. The number of hydrogen-bond donors (Lipinski definition) is 11. The van der Waals surface area contributed by atoms with Crippen LogP contribution in [0, 0.1) is 11.8 Å². The van der Waals surface area contributed by atoms with Crippen LogP contribution in [0.15, 0.2) is 24.3 Å². The molecule has 3 heterocycles. The van der Waals surface area contributed by atoms with Gasteiger partial charge in [-0.15, -0.1) is 0 Å². The number of nitrogens with one attached hydrogen (secondary N) is 7. The van der Waals surface area contributed by atoms with Gasteiger partial charge < -0.3 is 69.3 Å². The molecule has 3 saturated heterocycles. The number of rotatable bonds is 17. The molecule has 0 saturated carbocycles. The Balaban J connectivity index is 1.79. The lowest BCUT2D eigenvalue weighted by Gasteiger charge is -2.40. The molecular formula is C48H74N12O12S2. The maximum Gasteiger partial charge on any atom is 0.246 e. The molecule has 74 heavy (non-hydrogen) atoms. The van der Waals surface area contributed by atoms with Gasteiger partial charge in [0.15, 0.2) is 0 Å². The van der Waals surface area contributed by atoms with Gasteiger partial charge in [-0.05, 0) is 88.2 Å². The van der Waals surface area contributed by atoms with E-state index in [0.717, 1.165) is 0 Å². The summed E-state index contributed by atoms with van der Waals surface area (Å²) in [5.74, 6) is -9.65. The van der Waals surface area contributed by atoms with Crippen molar-refractivity contribution in [1.82, 2.24) is 47.0 Å². The van der Waals surface area contributed by atoms with E-state index in [-0.39, 0.29) is 56.1 Å². The van der Waals surface area contributed by atoms with Crippen LogP contribution in [0.2, 0.25) is 0 Å². The number of benzene rings is 1. The summed E-state index contributed by atoms with van der Waals surface area (Å²) in [7, 11) is 4.43. The number of hydrogen-bond acceptors (Lipinski definition) is 15. The van der Waals surface area contributed by atoms with E-state index in [1.165, 1.54) is 38.6 Å². The monoisotopic (exact) mass is 1070 g/mol. The van der Waals surface area contributed by atoms with Crippen molar-refractivity contribution in [3.63, 3.8) is 0 Å². The van der Waals surface area contributed by atoms with Crippen molar-refractivity contribution in [2.75, 3.05) is 39.0 Å². The molecular weight excluding hydrogens is 1000 g/mol. The van der Waals surface area contributed by atoms with Gasteiger partial charge in [0.05, 0.1) is 13.0 Å². The first kappa shape index (κ1) is 60.4. The number of carbonyl (C=O) groups is 11. The summed E-state index contributed by atoms with van der Waals surface area (Å²) in [4.78, 5) is 153. The fourth-order valence-corrected chi connectivity index (χ4v) is 12.1. The lowest BCUT2D eigenvalue weighted by molar-refractivity contribution is -0.142. The molecule has 410 valence electrons. The van der Waals surface area contributed by atoms with Gasteiger partial charge in [-0.2, -0.15) is 0 Å². The topological polar surface area (TPSA) is 377 Å². The molecule has 4 rings (SSSR count). The third-order valence-corrected chi connectivity index (χ3v) is 16.6. The molecule has 8 atom stereocenters. The predicted molar refractivity (Wildman–Crippen MR) is 276 cm³/mol. The van der Waals surface area contributed by atoms with Crippen LogP contribution in [0.4, 0.5) is 0 Å². The number of likely N-dealkylation sites (tertiary alicyclic amines) is 2. The molecule has 1 aromatic rings. The van der Waals surface area contributed by atoms with Crippen molar-refractivity contribution in [3.05, 3.63) is 29.8 Å². The van der Waals surface area contributed by atoms with E-state index in [9.17, 15) is 57.8 Å². The molecule has 24 nitrogen and oxygen atoms in total. The molecule has 14 N–H and O–H groups in total. The van der Waals surface area contributed by atoms with Crippen molar-refractivity contribution in [2.45, 2.75) is 145 Å². The van der Waals surface area contributed by atoms with Crippen LogP contribution >= 0.6 is 21.6 Å². The van der Waals surface area contributed by atoms with Crippen molar-refractivity contribution in [2.24, 2.45) is 29.0 Å². The number of phenols is 1. The Morgan fingerprint density at radius 1 is 0.811 bits per heavy atom. The maximum absolute atomic E-state index is 14.9. The molecule has 3 fully saturated rings. The van der Waals surface area contributed by atoms with E-state index in [2.05, 4.69) is 42.1 Å². The van der Waals surface area contributed by atoms with E-state index < -0.39 is 137 Å². The minimum atomic E-state index is -1.74. The summed E-state index contributed by atoms with van der Waals surface area (Å²) in [6.07, 6.45) is 0.361. The number of amides is 11. The van der Waals surface area contributed by atoms with E-state index in [0.29, 0.717) is 44.3 Å². The highest BCUT2D eigenvalue weighted by molar-refractivity contribution is 8.77. The van der Waals surface area contributed by atoms with Crippen molar-refractivity contribution >= 4 is 86.6 Å². The third-order valence-electron chi connectivity index (χ3n) is 13.3. The minimum Gasteiger partial charge on any atom is -0.508 e. The summed E-state index contributed by atoms with van der Waals surface area (Å²) in [6.45, 7) is 7.90. The largest absolute Gasteiger partial charge is 0.508 e. The van der Waals surface area contributed by atoms with Crippen LogP contribution in [0.5, 0.6) is 5.75 Å². The van der Waals surface area contributed by atoms with E-state index in [4.69, 9.17) is 17.2 Å². The number of primary amides is 3. The summed E-state index contributed by atoms with van der Waals surface area (Å²) < 4.78 is -0.780. The Hall–Kier alpha value is -6.15. The van der Waals surface area contributed by atoms with Crippen LogP contribution in [-0.4, -0.2) is 166 Å². The van der Waals surface area contributed by atoms with Gasteiger partial charge in [0, 0.05) is 36.3 Å². The summed E-state index contributed by atoms with van der Waals surface area (Å²) in [6, 6.07) is -3.45. The molecule has 0 bridgehead atoms. The maximum atomic E-state index is 14.9. The fourth-order valence-electron chi connectivity index (χ4n) is 8.83. The van der Waals surface area contributed by atoms with Crippen LogP contribution in [0.1, 0.15) is 97.5 Å². The van der Waals surface area contributed by atoms with Gasteiger partial charge in [-0.3, -0.25) is 52.7 Å². The lowest BCUT2D eigenvalue weighted by atomic mass is 9.91. The number of piperidine rings is 1. The van der Waals surface area contributed by atoms with Gasteiger partial charge in [0.2, 0.25) is 65.0 Å². The number of nitrogens with two attached hydrogens (primary N) is 3. The van der Waals surface area contributed by atoms with Crippen LogP contribution in [-0.2, 0) is 59.2 Å². The van der Waals surface area contributed by atoms with Gasteiger partial charge >= 0.3 is 0 Å². The zero-order chi connectivity index (χ0) is 54.9. The molecule has 11 amide bonds. The Morgan fingerprint density at radius 3 is 2.05 bits per heavy atom. The van der Waals surface area contributed by atoms with Crippen LogP contribution in [0.3, 0.4) is 0 Å². The number of carbonyl (C=O) groups excluding carboxylic acids is 11. The highest BCUT2D eigenvalue weighted by Gasteiger charge is 2.43. The van der Waals surface area contributed by atoms with Gasteiger partial charge in [-0.1, -0.05) is 67.8 Å². The normalized spacial score (nSPS) is 24.5. The molecule has 0 aromatic heterocycles. The van der Waals surface area contributed by atoms with E-state index >= 15 is 0 Å². The highest BCUT2D eigenvalue weighted by atomic mass is 33.1. The Kier molecular flexibility index (Phi) is 23.3. The first-order chi connectivity index (χ1) is 34.9. The molecule has 1 aromatic carbocycles. The van der Waals surface area contributed by atoms with Crippen LogP contribution < -0.4 is 54.4 Å². The summed E-state index contributed by atoms with van der Waals surface area (Å²) in [5.41, 5.74) is 16.9. The van der Waals surface area contributed by atoms with Gasteiger partial charge in [0.25, 0.3) is 0 Å². The molecule has 1 spiro atoms. The first-order valence-corrected chi connectivity index (χ1v) is 27.2. The average Bonchev–Trinajstić information content (AvgIpc) is 3.83. The Labute approximate surface area is 438 Å². The molecule has 3 aliphatic heterocycles.